The van der Waals surface area contributed by atoms with Gasteiger partial charge in [-0.15, -0.1) is 11.3 Å². The second kappa shape index (κ2) is 6.84. The molecule has 6 nitrogen and oxygen atoms in total. The summed E-state index contributed by atoms with van der Waals surface area (Å²) in [4.78, 5) is 33.9. The number of rotatable bonds is 5. The third kappa shape index (κ3) is 3.90. The first kappa shape index (κ1) is 18.3. The molecule has 7 heteroatoms. The Morgan fingerprint density at radius 3 is 2.46 bits per heavy atom. The molecule has 2 heterocycles. The molecule has 0 unspecified atom stereocenters. The first-order valence-corrected chi connectivity index (χ1v) is 8.77. The van der Waals surface area contributed by atoms with Gasteiger partial charge in [0.2, 0.25) is 5.91 Å². The van der Waals surface area contributed by atoms with Gasteiger partial charge in [0.25, 0.3) is 5.91 Å². The van der Waals surface area contributed by atoms with Gasteiger partial charge in [-0.05, 0) is 25.8 Å². The molecule has 0 aromatic carbocycles. The van der Waals surface area contributed by atoms with E-state index in [-0.39, 0.29) is 23.7 Å². The average Bonchev–Trinajstić information content (AvgIpc) is 2.80. The number of aromatic nitrogens is 2. The lowest BCUT2D eigenvalue weighted by atomic mass is 9.95. The van der Waals surface area contributed by atoms with Crippen LogP contribution in [0.2, 0.25) is 0 Å². The molecule has 2 aromatic heterocycles. The number of nitrogens with two attached hydrogens (primary N) is 1. The third-order valence-corrected chi connectivity index (χ3v) is 4.92. The van der Waals surface area contributed by atoms with Crippen LogP contribution in [0.25, 0.3) is 10.2 Å². The van der Waals surface area contributed by atoms with Crippen molar-refractivity contribution in [3.05, 3.63) is 22.0 Å². The van der Waals surface area contributed by atoms with Gasteiger partial charge in [-0.3, -0.25) is 9.59 Å². The summed E-state index contributed by atoms with van der Waals surface area (Å²) in [5.74, 6) is 0.279. The van der Waals surface area contributed by atoms with Gasteiger partial charge >= 0.3 is 0 Å². The third-order valence-electron chi connectivity index (χ3n) is 3.73. The Bertz CT molecular complexity index is 790. The molecular weight excluding hydrogens is 324 g/mol. The van der Waals surface area contributed by atoms with E-state index in [1.54, 1.807) is 0 Å². The van der Waals surface area contributed by atoms with Crippen LogP contribution in [0.5, 0.6) is 0 Å². The van der Waals surface area contributed by atoms with Crippen molar-refractivity contribution in [2.24, 2.45) is 5.73 Å². The number of thiophene rings is 1. The Balaban J connectivity index is 2.29. The minimum atomic E-state index is -0.358. The highest BCUT2D eigenvalue weighted by atomic mass is 32.1. The highest BCUT2D eigenvalue weighted by Crippen LogP contribution is 2.33. The summed E-state index contributed by atoms with van der Waals surface area (Å²) in [5, 5.41) is 3.79. The summed E-state index contributed by atoms with van der Waals surface area (Å²) in [6, 6.07) is 0. The minimum Gasteiger partial charge on any atom is -0.370 e. The molecule has 0 aliphatic rings. The van der Waals surface area contributed by atoms with E-state index in [2.05, 4.69) is 36.1 Å². The van der Waals surface area contributed by atoms with Gasteiger partial charge in [0.05, 0.1) is 10.6 Å². The summed E-state index contributed by atoms with van der Waals surface area (Å²) >= 11 is 1.39. The van der Waals surface area contributed by atoms with Crippen LogP contribution >= 0.6 is 11.3 Å². The van der Waals surface area contributed by atoms with Crippen molar-refractivity contribution in [2.75, 3.05) is 6.54 Å². The lowest BCUT2D eigenvalue weighted by Crippen LogP contribution is -2.25. The van der Waals surface area contributed by atoms with Gasteiger partial charge in [0.1, 0.15) is 10.7 Å². The van der Waals surface area contributed by atoms with Crippen LogP contribution in [-0.4, -0.2) is 28.3 Å². The van der Waals surface area contributed by atoms with Crippen molar-refractivity contribution in [3.63, 3.8) is 0 Å². The predicted molar refractivity (Wildman–Crippen MR) is 96.4 cm³/mol. The fourth-order valence-corrected chi connectivity index (χ4v) is 3.58. The van der Waals surface area contributed by atoms with Crippen molar-refractivity contribution < 1.29 is 9.59 Å². The molecule has 0 bridgehead atoms. The Kier molecular flexibility index (Phi) is 5.22. The number of carbonyl (C=O) groups excluding carboxylic acids is 2. The van der Waals surface area contributed by atoms with E-state index in [0.29, 0.717) is 17.8 Å². The standard InChI is InChI=1S/C17H24N4O2S/c1-9-12-10(2)20-16(17(3,4)5)21-15(12)24-13(9)14(23)19-8-6-7-11(18)22/h6-8H2,1-5H3,(H2,18,22)(H,19,23). The number of amides is 2. The normalized spacial score (nSPS) is 11.7. The van der Waals surface area contributed by atoms with E-state index in [0.717, 1.165) is 27.3 Å². The molecule has 24 heavy (non-hydrogen) atoms. The van der Waals surface area contributed by atoms with E-state index in [9.17, 15) is 9.59 Å². The molecule has 0 atom stereocenters. The lowest BCUT2D eigenvalue weighted by molar-refractivity contribution is -0.118. The lowest BCUT2D eigenvalue weighted by Gasteiger charge is -2.16. The monoisotopic (exact) mass is 348 g/mol. The van der Waals surface area contributed by atoms with Gasteiger partial charge in [0, 0.05) is 23.8 Å². The fraction of sp³-hybridized carbons (Fsp3) is 0.529. The van der Waals surface area contributed by atoms with Crippen molar-refractivity contribution >= 4 is 33.4 Å². The molecule has 0 saturated heterocycles. The molecule has 0 saturated carbocycles. The second-order valence-corrected chi connectivity index (χ2v) is 7.94. The maximum absolute atomic E-state index is 12.4. The molecule has 2 amide bonds. The highest BCUT2D eigenvalue weighted by molar-refractivity contribution is 7.20. The molecule has 3 N–H and O–H groups in total. The molecule has 0 aliphatic heterocycles. The molecule has 130 valence electrons. The number of nitrogens with one attached hydrogen (secondary N) is 1. The van der Waals surface area contributed by atoms with E-state index in [4.69, 9.17) is 5.73 Å². The molecule has 0 spiro atoms. The zero-order valence-corrected chi connectivity index (χ0v) is 15.6. The molecule has 0 aliphatic carbocycles. The maximum Gasteiger partial charge on any atom is 0.261 e. The van der Waals surface area contributed by atoms with Crippen LogP contribution in [-0.2, 0) is 10.2 Å². The van der Waals surface area contributed by atoms with Crippen LogP contribution in [0.3, 0.4) is 0 Å². The first-order chi connectivity index (χ1) is 11.1. The number of fused-ring (bicyclic) bond motifs is 1. The quantitative estimate of drug-likeness (QED) is 0.811. The number of hydrogen-bond donors (Lipinski definition) is 2. The summed E-state index contributed by atoms with van der Waals surface area (Å²) in [7, 11) is 0. The van der Waals surface area contributed by atoms with Gasteiger partial charge in [-0.1, -0.05) is 20.8 Å². The van der Waals surface area contributed by atoms with Crippen molar-refractivity contribution in [1.82, 2.24) is 15.3 Å². The molecule has 2 rings (SSSR count). The SMILES string of the molecule is Cc1nc(C(C)(C)C)nc2sc(C(=O)NCCCC(N)=O)c(C)c12. The smallest absolute Gasteiger partial charge is 0.261 e. The topological polar surface area (TPSA) is 98.0 Å². The zero-order chi connectivity index (χ0) is 18.1. The number of primary amides is 1. The summed E-state index contributed by atoms with van der Waals surface area (Å²) in [6.07, 6.45) is 0.809. The Hall–Kier alpha value is -2.02. The van der Waals surface area contributed by atoms with Crippen LogP contribution in [0.15, 0.2) is 0 Å². The number of hydrogen-bond acceptors (Lipinski definition) is 5. The number of aryl methyl sites for hydroxylation is 2. The van der Waals surface area contributed by atoms with E-state index in [1.165, 1.54) is 11.3 Å². The number of carbonyl (C=O) groups is 2. The highest BCUT2D eigenvalue weighted by Gasteiger charge is 2.23. The molecule has 0 radical (unpaired) electrons. The summed E-state index contributed by atoms with van der Waals surface area (Å²) in [5.41, 5.74) is 6.75. The van der Waals surface area contributed by atoms with Crippen LogP contribution < -0.4 is 11.1 Å². The van der Waals surface area contributed by atoms with Crippen molar-refractivity contribution in [2.45, 2.75) is 52.9 Å². The van der Waals surface area contributed by atoms with Gasteiger partial charge in [-0.25, -0.2) is 9.97 Å². The van der Waals surface area contributed by atoms with Crippen molar-refractivity contribution in [3.8, 4) is 0 Å². The average molecular weight is 348 g/mol. The van der Waals surface area contributed by atoms with E-state index < -0.39 is 0 Å². The Morgan fingerprint density at radius 2 is 1.88 bits per heavy atom. The van der Waals surface area contributed by atoms with E-state index in [1.807, 2.05) is 13.8 Å². The van der Waals surface area contributed by atoms with Gasteiger partial charge in [0.15, 0.2) is 0 Å². The van der Waals surface area contributed by atoms with Crippen LogP contribution in [0.4, 0.5) is 0 Å². The van der Waals surface area contributed by atoms with Gasteiger partial charge < -0.3 is 11.1 Å². The summed E-state index contributed by atoms with van der Waals surface area (Å²) < 4.78 is 0. The first-order valence-electron chi connectivity index (χ1n) is 7.96. The Labute approximate surface area is 145 Å². The van der Waals surface area contributed by atoms with Crippen LogP contribution in [0, 0.1) is 13.8 Å². The summed E-state index contributed by atoms with van der Waals surface area (Å²) in [6.45, 7) is 10.5. The van der Waals surface area contributed by atoms with Crippen LogP contribution in [0.1, 0.15) is 60.4 Å². The molecule has 2 aromatic rings. The largest absolute Gasteiger partial charge is 0.370 e. The predicted octanol–water partition coefficient (Wildman–Crippen LogP) is 2.60. The minimum absolute atomic E-state index is 0.142. The van der Waals surface area contributed by atoms with Crippen molar-refractivity contribution in [1.29, 1.82) is 0 Å². The maximum atomic E-state index is 12.4. The van der Waals surface area contributed by atoms with Gasteiger partial charge in [-0.2, -0.15) is 0 Å². The fourth-order valence-electron chi connectivity index (χ4n) is 2.44. The Morgan fingerprint density at radius 1 is 1.21 bits per heavy atom. The van der Waals surface area contributed by atoms with E-state index >= 15 is 0 Å². The molecule has 0 fully saturated rings. The molecular formula is C17H24N4O2S. The number of nitrogens with zero attached hydrogens (tertiary/aromatic N) is 2. The second-order valence-electron chi connectivity index (χ2n) is 6.94. The zero-order valence-electron chi connectivity index (χ0n) is 14.8.